The zero-order valence-corrected chi connectivity index (χ0v) is 13.7. The van der Waals surface area contributed by atoms with Crippen LogP contribution in [0.5, 0.6) is 0 Å². The van der Waals surface area contributed by atoms with Gasteiger partial charge in [-0.1, -0.05) is 35.9 Å². The minimum Gasteiger partial charge on any atom is -0.329 e. The van der Waals surface area contributed by atoms with Gasteiger partial charge in [-0.2, -0.15) is 4.98 Å². The molecule has 3 rings (SSSR count). The quantitative estimate of drug-likeness (QED) is 0.737. The molecule has 0 radical (unpaired) electrons. The Hall–Kier alpha value is -2.59. The third kappa shape index (κ3) is 3.60. The number of nitrogens with zero attached hydrogens (tertiary/aromatic N) is 3. The normalized spacial score (nSPS) is 10.4. The fourth-order valence-corrected chi connectivity index (χ4v) is 2.36. The van der Waals surface area contributed by atoms with E-state index >= 15 is 0 Å². The van der Waals surface area contributed by atoms with Crippen molar-refractivity contribution in [2.75, 3.05) is 17.3 Å². The standard InChI is InChI=1S/C18H17ClN4/c1-13-8-9-14(12-16(13)19)21-18-20-11-10-17(22-18)23(2)15-6-4-3-5-7-15/h3-12H,1-2H3,(H,20,21,22). The lowest BCUT2D eigenvalue weighted by atomic mass is 10.2. The predicted octanol–water partition coefficient (Wildman–Crippen LogP) is 4.95. The van der Waals surface area contributed by atoms with E-state index in [9.17, 15) is 0 Å². The zero-order valence-electron chi connectivity index (χ0n) is 13.0. The van der Waals surface area contributed by atoms with Crippen LogP contribution in [0.4, 0.5) is 23.1 Å². The molecule has 4 nitrogen and oxygen atoms in total. The number of benzene rings is 2. The Labute approximate surface area is 140 Å². The van der Waals surface area contributed by atoms with Gasteiger partial charge in [-0.05, 0) is 42.8 Å². The molecule has 0 spiro atoms. The van der Waals surface area contributed by atoms with Gasteiger partial charge in [0, 0.05) is 29.6 Å². The van der Waals surface area contributed by atoms with Gasteiger partial charge in [0.05, 0.1) is 0 Å². The molecule has 0 unspecified atom stereocenters. The summed E-state index contributed by atoms with van der Waals surface area (Å²) in [6, 6.07) is 17.7. The summed E-state index contributed by atoms with van der Waals surface area (Å²) in [5.74, 6) is 1.34. The molecule has 0 saturated heterocycles. The number of rotatable bonds is 4. The van der Waals surface area contributed by atoms with Crippen molar-refractivity contribution in [3.63, 3.8) is 0 Å². The lowest BCUT2D eigenvalue weighted by Gasteiger charge is -2.18. The number of para-hydroxylation sites is 1. The molecule has 0 amide bonds. The van der Waals surface area contributed by atoms with E-state index in [-0.39, 0.29) is 0 Å². The average Bonchev–Trinajstić information content (AvgIpc) is 2.58. The first-order valence-electron chi connectivity index (χ1n) is 7.28. The molecule has 116 valence electrons. The molecule has 5 heteroatoms. The van der Waals surface area contributed by atoms with E-state index in [1.165, 1.54) is 0 Å². The molecule has 1 N–H and O–H groups in total. The third-order valence-electron chi connectivity index (χ3n) is 3.56. The van der Waals surface area contributed by atoms with Gasteiger partial charge >= 0.3 is 0 Å². The van der Waals surface area contributed by atoms with E-state index in [1.54, 1.807) is 6.20 Å². The highest BCUT2D eigenvalue weighted by atomic mass is 35.5. The minimum absolute atomic E-state index is 0.533. The van der Waals surface area contributed by atoms with Crippen molar-refractivity contribution in [2.24, 2.45) is 0 Å². The van der Waals surface area contributed by atoms with Crippen molar-refractivity contribution in [3.05, 3.63) is 71.4 Å². The summed E-state index contributed by atoms with van der Waals surface area (Å²) in [5.41, 5.74) is 2.96. The summed E-state index contributed by atoms with van der Waals surface area (Å²) < 4.78 is 0. The van der Waals surface area contributed by atoms with Crippen LogP contribution in [0, 0.1) is 6.92 Å². The Morgan fingerprint density at radius 1 is 1.04 bits per heavy atom. The molecule has 1 heterocycles. The zero-order chi connectivity index (χ0) is 16.2. The van der Waals surface area contributed by atoms with Gasteiger partial charge in [0.2, 0.25) is 5.95 Å². The summed E-state index contributed by atoms with van der Waals surface area (Å²) in [6.07, 6.45) is 1.74. The second-order valence-corrected chi connectivity index (χ2v) is 5.63. The highest BCUT2D eigenvalue weighted by Crippen LogP contribution is 2.24. The highest BCUT2D eigenvalue weighted by molar-refractivity contribution is 6.31. The summed E-state index contributed by atoms with van der Waals surface area (Å²) >= 11 is 6.15. The van der Waals surface area contributed by atoms with Crippen LogP contribution in [-0.4, -0.2) is 17.0 Å². The van der Waals surface area contributed by atoms with Gasteiger partial charge in [0.1, 0.15) is 5.82 Å². The lowest BCUT2D eigenvalue weighted by molar-refractivity contribution is 1.08. The molecule has 0 bridgehead atoms. The number of nitrogens with one attached hydrogen (secondary N) is 1. The first-order chi connectivity index (χ1) is 11.1. The Kier molecular flexibility index (Phi) is 4.44. The summed E-state index contributed by atoms with van der Waals surface area (Å²) in [7, 11) is 1.98. The molecule has 0 fully saturated rings. The van der Waals surface area contributed by atoms with Crippen molar-refractivity contribution in [1.29, 1.82) is 0 Å². The van der Waals surface area contributed by atoms with Gasteiger partial charge in [-0.15, -0.1) is 0 Å². The van der Waals surface area contributed by atoms with E-state index in [0.717, 1.165) is 22.8 Å². The number of anilines is 4. The first-order valence-corrected chi connectivity index (χ1v) is 7.66. The largest absolute Gasteiger partial charge is 0.329 e. The topological polar surface area (TPSA) is 41.1 Å². The van der Waals surface area contributed by atoms with Crippen molar-refractivity contribution in [2.45, 2.75) is 6.92 Å². The van der Waals surface area contributed by atoms with Crippen molar-refractivity contribution < 1.29 is 0 Å². The Morgan fingerprint density at radius 3 is 2.57 bits per heavy atom. The van der Waals surface area contributed by atoms with Crippen molar-refractivity contribution in [1.82, 2.24) is 9.97 Å². The van der Waals surface area contributed by atoms with Crippen LogP contribution >= 0.6 is 11.6 Å². The fourth-order valence-electron chi connectivity index (χ4n) is 2.18. The van der Waals surface area contributed by atoms with E-state index in [0.29, 0.717) is 11.0 Å². The van der Waals surface area contributed by atoms with Crippen LogP contribution in [0.25, 0.3) is 0 Å². The number of hydrogen-bond donors (Lipinski definition) is 1. The molecule has 0 aliphatic heterocycles. The minimum atomic E-state index is 0.533. The lowest BCUT2D eigenvalue weighted by Crippen LogP contribution is -2.12. The van der Waals surface area contributed by atoms with Crippen LogP contribution < -0.4 is 10.2 Å². The summed E-state index contributed by atoms with van der Waals surface area (Å²) in [6.45, 7) is 1.97. The van der Waals surface area contributed by atoms with Crippen molar-refractivity contribution in [3.8, 4) is 0 Å². The molecule has 0 aliphatic rings. The fraction of sp³-hybridized carbons (Fsp3) is 0.111. The maximum atomic E-state index is 6.15. The first kappa shape index (κ1) is 15.3. The Balaban J connectivity index is 1.83. The van der Waals surface area contributed by atoms with Crippen LogP contribution in [-0.2, 0) is 0 Å². The summed E-state index contributed by atoms with van der Waals surface area (Å²) in [5, 5.41) is 3.90. The number of aryl methyl sites for hydroxylation is 1. The monoisotopic (exact) mass is 324 g/mol. The summed E-state index contributed by atoms with van der Waals surface area (Å²) in [4.78, 5) is 10.8. The Bertz CT molecular complexity index is 805. The second kappa shape index (κ2) is 6.67. The number of hydrogen-bond acceptors (Lipinski definition) is 4. The molecular formula is C18H17ClN4. The number of aromatic nitrogens is 2. The predicted molar refractivity (Wildman–Crippen MR) is 96.0 cm³/mol. The Morgan fingerprint density at radius 2 is 1.83 bits per heavy atom. The van der Waals surface area contributed by atoms with Gasteiger partial charge in [0.15, 0.2) is 0 Å². The van der Waals surface area contributed by atoms with E-state index < -0.39 is 0 Å². The average molecular weight is 325 g/mol. The molecule has 0 aliphatic carbocycles. The molecule has 3 aromatic rings. The smallest absolute Gasteiger partial charge is 0.229 e. The van der Waals surface area contributed by atoms with E-state index in [2.05, 4.69) is 15.3 Å². The molecule has 0 atom stereocenters. The van der Waals surface area contributed by atoms with Crippen LogP contribution in [0.2, 0.25) is 5.02 Å². The van der Waals surface area contributed by atoms with Crippen LogP contribution in [0.1, 0.15) is 5.56 Å². The maximum Gasteiger partial charge on any atom is 0.229 e. The van der Waals surface area contributed by atoms with Crippen molar-refractivity contribution >= 4 is 34.7 Å². The van der Waals surface area contributed by atoms with E-state index in [4.69, 9.17) is 11.6 Å². The third-order valence-corrected chi connectivity index (χ3v) is 3.96. The SMILES string of the molecule is Cc1ccc(Nc2nccc(N(C)c3ccccc3)n2)cc1Cl. The van der Waals surface area contributed by atoms with Gasteiger partial charge in [-0.3, -0.25) is 0 Å². The van der Waals surface area contributed by atoms with E-state index in [1.807, 2.05) is 73.5 Å². The van der Waals surface area contributed by atoms with Gasteiger partial charge in [0.25, 0.3) is 0 Å². The van der Waals surface area contributed by atoms with Gasteiger partial charge in [-0.25, -0.2) is 4.98 Å². The molecule has 23 heavy (non-hydrogen) atoms. The highest BCUT2D eigenvalue weighted by Gasteiger charge is 2.07. The van der Waals surface area contributed by atoms with Gasteiger partial charge < -0.3 is 10.2 Å². The molecule has 0 saturated carbocycles. The molecule has 1 aromatic heterocycles. The molecular weight excluding hydrogens is 308 g/mol. The number of halogens is 1. The van der Waals surface area contributed by atoms with Crippen LogP contribution in [0.3, 0.4) is 0 Å². The maximum absolute atomic E-state index is 6.15. The molecule has 2 aromatic carbocycles. The second-order valence-electron chi connectivity index (χ2n) is 5.22. The van der Waals surface area contributed by atoms with Crippen LogP contribution in [0.15, 0.2) is 60.8 Å².